The quantitative estimate of drug-likeness (QED) is 0.584. The van der Waals surface area contributed by atoms with Crippen molar-refractivity contribution in [1.82, 2.24) is 0 Å². The van der Waals surface area contributed by atoms with E-state index in [9.17, 15) is 18.0 Å². The van der Waals surface area contributed by atoms with Crippen LogP contribution in [0.25, 0.3) is 0 Å². The average Bonchev–Trinajstić information content (AvgIpc) is 2.75. The van der Waals surface area contributed by atoms with Crippen LogP contribution in [0.2, 0.25) is 0 Å². The van der Waals surface area contributed by atoms with E-state index in [1.54, 1.807) is 24.3 Å². The summed E-state index contributed by atoms with van der Waals surface area (Å²) in [4.78, 5) is 25.0. The molecular formula is C21H26N2O7S. The van der Waals surface area contributed by atoms with Crippen molar-refractivity contribution in [3.8, 4) is 11.5 Å². The number of anilines is 2. The lowest BCUT2D eigenvalue weighted by Crippen LogP contribution is -2.38. The number of rotatable bonds is 9. The summed E-state index contributed by atoms with van der Waals surface area (Å²) in [6.45, 7) is 1.41. The summed E-state index contributed by atoms with van der Waals surface area (Å²) in [5, 5.41) is 2.58. The molecule has 0 heterocycles. The molecule has 2 rings (SSSR count). The molecule has 1 amide bonds. The zero-order valence-corrected chi connectivity index (χ0v) is 18.9. The monoisotopic (exact) mass is 450 g/mol. The van der Waals surface area contributed by atoms with Crippen molar-refractivity contribution in [3.63, 3.8) is 0 Å². The summed E-state index contributed by atoms with van der Waals surface area (Å²) < 4.78 is 41.1. The molecule has 2 aromatic rings. The number of methoxy groups -OCH3 is 3. The fourth-order valence-corrected chi connectivity index (χ4v) is 3.90. The third-order valence-corrected chi connectivity index (χ3v) is 5.66. The lowest BCUT2D eigenvalue weighted by Gasteiger charge is -2.24. The Morgan fingerprint density at radius 2 is 1.65 bits per heavy atom. The third-order valence-electron chi connectivity index (χ3n) is 4.53. The summed E-state index contributed by atoms with van der Waals surface area (Å²) in [6, 6.07) is 9.73. The number of nitrogens with one attached hydrogen (secondary N) is 1. The van der Waals surface area contributed by atoms with Crippen LogP contribution in [0.3, 0.4) is 0 Å². The molecule has 0 unspecified atom stereocenters. The van der Waals surface area contributed by atoms with Gasteiger partial charge in [0.05, 0.1) is 44.5 Å². The number of benzene rings is 2. The second-order valence-corrected chi connectivity index (χ2v) is 8.45. The van der Waals surface area contributed by atoms with E-state index in [0.717, 1.165) is 16.1 Å². The lowest BCUT2D eigenvalue weighted by molar-refractivity contribution is -0.114. The number of amides is 1. The minimum atomic E-state index is -3.76. The summed E-state index contributed by atoms with van der Waals surface area (Å²) >= 11 is 0. The Hall–Kier alpha value is -3.27. The van der Waals surface area contributed by atoms with Gasteiger partial charge in [-0.05, 0) is 18.1 Å². The van der Waals surface area contributed by atoms with E-state index in [1.807, 2.05) is 6.92 Å². The van der Waals surface area contributed by atoms with Crippen LogP contribution in [0.5, 0.6) is 11.5 Å². The predicted octanol–water partition coefficient (Wildman–Crippen LogP) is 2.46. The molecule has 0 saturated carbocycles. The van der Waals surface area contributed by atoms with Crippen LogP contribution >= 0.6 is 0 Å². The van der Waals surface area contributed by atoms with Crippen molar-refractivity contribution >= 4 is 33.3 Å². The zero-order valence-electron chi connectivity index (χ0n) is 18.1. The highest BCUT2D eigenvalue weighted by Crippen LogP contribution is 2.34. The summed E-state index contributed by atoms with van der Waals surface area (Å²) in [5.41, 5.74) is 1.34. The van der Waals surface area contributed by atoms with Gasteiger partial charge in [0.15, 0.2) is 11.5 Å². The van der Waals surface area contributed by atoms with Crippen LogP contribution in [0, 0.1) is 0 Å². The Labute approximate surface area is 182 Å². The Morgan fingerprint density at radius 3 is 2.19 bits per heavy atom. The molecule has 0 aliphatic carbocycles. The zero-order chi connectivity index (χ0) is 23.2. The number of nitrogens with zero attached hydrogens (tertiary/aromatic N) is 1. The van der Waals surface area contributed by atoms with Gasteiger partial charge < -0.3 is 19.5 Å². The van der Waals surface area contributed by atoms with Crippen molar-refractivity contribution in [2.75, 3.05) is 43.8 Å². The maximum absolute atomic E-state index is 12.8. The molecule has 0 fully saturated rings. The molecule has 0 saturated heterocycles. The van der Waals surface area contributed by atoms with Crippen molar-refractivity contribution in [3.05, 3.63) is 47.5 Å². The molecule has 168 valence electrons. The van der Waals surface area contributed by atoms with E-state index < -0.39 is 28.4 Å². The Morgan fingerprint density at radius 1 is 1.03 bits per heavy atom. The molecule has 1 N–H and O–H groups in total. The first-order valence-electron chi connectivity index (χ1n) is 9.36. The van der Waals surface area contributed by atoms with Gasteiger partial charge in [-0.3, -0.25) is 9.10 Å². The van der Waals surface area contributed by atoms with Crippen molar-refractivity contribution in [2.24, 2.45) is 0 Å². The molecule has 0 radical (unpaired) electrons. The fourth-order valence-electron chi connectivity index (χ4n) is 3.02. The van der Waals surface area contributed by atoms with Crippen LogP contribution in [-0.2, 0) is 26.0 Å². The van der Waals surface area contributed by atoms with E-state index in [1.165, 1.54) is 33.5 Å². The molecule has 0 spiro atoms. The minimum Gasteiger partial charge on any atom is -0.493 e. The van der Waals surface area contributed by atoms with Crippen LogP contribution < -0.4 is 19.1 Å². The van der Waals surface area contributed by atoms with Crippen molar-refractivity contribution < 1.29 is 32.2 Å². The molecule has 0 aliphatic heterocycles. The Balaban J connectivity index is 2.42. The topological polar surface area (TPSA) is 111 Å². The lowest BCUT2D eigenvalue weighted by atomic mass is 10.1. The van der Waals surface area contributed by atoms with Gasteiger partial charge in [-0.2, -0.15) is 0 Å². The second-order valence-electron chi connectivity index (χ2n) is 6.54. The minimum absolute atomic E-state index is 0.0355. The number of para-hydroxylation sites is 1. The van der Waals surface area contributed by atoms with Crippen LogP contribution in [-0.4, -0.2) is 54.4 Å². The van der Waals surface area contributed by atoms with Gasteiger partial charge in [-0.1, -0.05) is 25.1 Å². The largest absolute Gasteiger partial charge is 0.493 e. The second kappa shape index (κ2) is 10.2. The number of carbonyl (C=O) groups excluding carboxylic acids is 2. The predicted molar refractivity (Wildman–Crippen MR) is 118 cm³/mol. The van der Waals surface area contributed by atoms with Gasteiger partial charge in [0.2, 0.25) is 15.9 Å². The summed E-state index contributed by atoms with van der Waals surface area (Å²) in [7, 11) is 0.270. The summed E-state index contributed by atoms with van der Waals surface area (Å²) in [6.07, 6.45) is 1.62. The number of esters is 1. The van der Waals surface area contributed by atoms with E-state index in [-0.39, 0.29) is 22.7 Å². The number of hydrogen-bond donors (Lipinski definition) is 1. The normalized spacial score (nSPS) is 10.9. The highest BCUT2D eigenvalue weighted by molar-refractivity contribution is 7.92. The van der Waals surface area contributed by atoms with Crippen molar-refractivity contribution in [1.29, 1.82) is 0 Å². The molecule has 0 aliphatic rings. The number of ether oxygens (including phenoxy) is 3. The number of hydrogen-bond acceptors (Lipinski definition) is 7. The first kappa shape index (κ1) is 24.0. The maximum atomic E-state index is 12.8. The van der Waals surface area contributed by atoms with Gasteiger partial charge in [-0.25, -0.2) is 13.2 Å². The van der Waals surface area contributed by atoms with Gasteiger partial charge in [-0.15, -0.1) is 0 Å². The first-order chi connectivity index (χ1) is 14.7. The summed E-state index contributed by atoms with van der Waals surface area (Å²) in [5.74, 6) is -0.793. The number of aryl methyl sites for hydroxylation is 1. The van der Waals surface area contributed by atoms with Crippen LogP contribution in [0.15, 0.2) is 36.4 Å². The van der Waals surface area contributed by atoms with Crippen molar-refractivity contribution in [2.45, 2.75) is 13.3 Å². The molecule has 10 heteroatoms. The van der Waals surface area contributed by atoms with E-state index in [4.69, 9.17) is 14.2 Å². The van der Waals surface area contributed by atoms with E-state index in [2.05, 4.69) is 5.32 Å². The highest BCUT2D eigenvalue weighted by Gasteiger charge is 2.25. The number of sulfonamides is 1. The molecular weight excluding hydrogens is 424 g/mol. The van der Waals surface area contributed by atoms with E-state index >= 15 is 0 Å². The molecule has 31 heavy (non-hydrogen) atoms. The van der Waals surface area contributed by atoms with Gasteiger partial charge in [0, 0.05) is 12.1 Å². The standard InChI is InChI=1S/C21H26N2O7S/c1-6-14-9-7-8-10-17(14)23(31(5,26)27)13-20(24)22-16-12-19(29-3)18(28-2)11-15(16)21(25)30-4/h7-12H,6,13H2,1-5H3,(H,22,24). The smallest absolute Gasteiger partial charge is 0.340 e. The molecule has 0 bridgehead atoms. The Bertz CT molecular complexity index is 1070. The highest BCUT2D eigenvalue weighted by atomic mass is 32.2. The van der Waals surface area contributed by atoms with Crippen LogP contribution in [0.1, 0.15) is 22.8 Å². The SMILES string of the molecule is CCc1ccccc1N(CC(=O)Nc1cc(OC)c(OC)cc1C(=O)OC)S(C)(=O)=O. The first-order valence-corrected chi connectivity index (χ1v) is 11.2. The molecule has 0 atom stereocenters. The molecule has 0 aromatic heterocycles. The van der Waals surface area contributed by atoms with Gasteiger partial charge in [0.1, 0.15) is 6.54 Å². The third kappa shape index (κ3) is 5.66. The van der Waals surface area contributed by atoms with Crippen LogP contribution in [0.4, 0.5) is 11.4 Å². The fraction of sp³-hybridized carbons (Fsp3) is 0.333. The Kier molecular flexibility index (Phi) is 7.87. The van der Waals surface area contributed by atoms with Gasteiger partial charge in [0.25, 0.3) is 0 Å². The van der Waals surface area contributed by atoms with E-state index in [0.29, 0.717) is 12.1 Å². The maximum Gasteiger partial charge on any atom is 0.340 e. The van der Waals surface area contributed by atoms with Gasteiger partial charge >= 0.3 is 5.97 Å². The average molecular weight is 451 g/mol. The molecule has 2 aromatic carbocycles. The number of carbonyl (C=O) groups is 2. The molecule has 9 nitrogen and oxygen atoms in total.